The van der Waals surface area contributed by atoms with E-state index in [1.807, 2.05) is 12.1 Å². The molecule has 1 saturated heterocycles. The Morgan fingerprint density at radius 1 is 1.32 bits per heavy atom. The second-order valence-electron chi connectivity index (χ2n) is 5.97. The van der Waals surface area contributed by atoms with Crippen LogP contribution >= 0.6 is 11.6 Å². The Morgan fingerprint density at radius 3 is 3.00 bits per heavy atom. The van der Waals surface area contributed by atoms with Crippen LogP contribution in [-0.4, -0.2) is 55.8 Å². The summed E-state index contributed by atoms with van der Waals surface area (Å²) in [7, 11) is 0. The van der Waals surface area contributed by atoms with Crippen LogP contribution in [0.2, 0.25) is 5.02 Å². The van der Waals surface area contributed by atoms with Gasteiger partial charge in [0.05, 0.1) is 24.6 Å². The predicted molar refractivity (Wildman–Crippen MR) is 98.4 cm³/mol. The highest BCUT2D eigenvalue weighted by molar-refractivity contribution is 6.31. The van der Waals surface area contributed by atoms with E-state index in [1.165, 1.54) is 0 Å². The number of rotatable bonds is 3. The van der Waals surface area contributed by atoms with Crippen molar-refractivity contribution in [1.29, 1.82) is 0 Å². The van der Waals surface area contributed by atoms with Gasteiger partial charge in [0.25, 0.3) is 0 Å². The summed E-state index contributed by atoms with van der Waals surface area (Å²) in [4.78, 5) is 19.3. The Balaban J connectivity index is 1.55. The predicted octanol–water partition coefficient (Wildman–Crippen LogP) is 1.96. The molecule has 7 nitrogen and oxygen atoms in total. The molecule has 0 radical (unpaired) electrons. The van der Waals surface area contributed by atoms with E-state index in [1.54, 1.807) is 35.8 Å². The zero-order valence-corrected chi connectivity index (χ0v) is 14.3. The van der Waals surface area contributed by atoms with Crippen LogP contribution in [0.1, 0.15) is 0 Å². The quantitative estimate of drug-likeness (QED) is 0.895. The van der Waals surface area contributed by atoms with Crippen LogP contribution < -0.4 is 10.2 Å². The molecule has 4 rings (SSSR count). The van der Waals surface area contributed by atoms with E-state index in [0.29, 0.717) is 23.9 Å². The van der Waals surface area contributed by atoms with E-state index in [2.05, 4.69) is 20.3 Å². The number of morpholine rings is 1. The maximum Gasteiger partial charge on any atom is 0.237 e. The number of carbonyl (C=O) groups excluding carboxylic acids is 1. The Labute approximate surface area is 150 Å². The minimum Gasteiger partial charge on any atom is -0.378 e. The van der Waals surface area contributed by atoms with Crippen LogP contribution in [0.3, 0.4) is 0 Å². The third kappa shape index (κ3) is 3.25. The first-order valence-corrected chi connectivity index (χ1v) is 8.56. The van der Waals surface area contributed by atoms with Crippen molar-refractivity contribution in [2.24, 2.45) is 16.0 Å². The molecule has 8 heteroatoms. The third-order valence-corrected chi connectivity index (χ3v) is 4.62. The number of nitrogens with zero attached hydrogens (tertiary/aromatic N) is 4. The number of allylic oxidation sites excluding steroid dienone is 1. The lowest BCUT2D eigenvalue weighted by atomic mass is 10.1. The van der Waals surface area contributed by atoms with Gasteiger partial charge in [0.1, 0.15) is 5.92 Å². The number of hydrogen-bond donors (Lipinski definition) is 1. The van der Waals surface area contributed by atoms with E-state index < -0.39 is 5.92 Å². The van der Waals surface area contributed by atoms with Crippen molar-refractivity contribution >= 4 is 41.3 Å². The van der Waals surface area contributed by atoms with Gasteiger partial charge in [0.15, 0.2) is 6.17 Å². The Bertz CT molecular complexity index is 757. The fourth-order valence-corrected chi connectivity index (χ4v) is 3.29. The average molecular weight is 360 g/mol. The summed E-state index contributed by atoms with van der Waals surface area (Å²) in [5, 5.41) is 9.49. The third-order valence-electron chi connectivity index (χ3n) is 4.39. The number of anilines is 2. The molecule has 0 aromatic heterocycles. The first-order chi connectivity index (χ1) is 12.2. The number of amides is 1. The van der Waals surface area contributed by atoms with Crippen LogP contribution in [0.5, 0.6) is 0 Å². The normalized spacial score (nSPS) is 24.5. The van der Waals surface area contributed by atoms with Gasteiger partial charge in [-0.3, -0.25) is 9.79 Å². The molecule has 1 amide bonds. The standard InChI is InChI=1S/C17H18ClN5O2/c18-12-2-3-15(22-6-8-25-9-7-22)14(10-12)21-17(24)13-11-20-23-5-1-4-19-16(13)23/h1-5,10-11,13,16H,6-9H2,(H,21,24). The van der Waals surface area contributed by atoms with Crippen molar-refractivity contribution < 1.29 is 9.53 Å². The number of ether oxygens (including phenoxy) is 1. The van der Waals surface area contributed by atoms with Crippen molar-refractivity contribution in [3.8, 4) is 0 Å². The number of halogens is 1. The Morgan fingerprint density at radius 2 is 2.16 bits per heavy atom. The Hall–Kier alpha value is -2.38. The minimum atomic E-state index is -0.447. The monoisotopic (exact) mass is 359 g/mol. The summed E-state index contributed by atoms with van der Waals surface area (Å²) < 4.78 is 5.41. The van der Waals surface area contributed by atoms with E-state index in [9.17, 15) is 4.79 Å². The molecule has 1 aromatic carbocycles. The van der Waals surface area contributed by atoms with Gasteiger partial charge in [-0.25, -0.2) is 5.01 Å². The zero-order valence-electron chi connectivity index (χ0n) is 13.5. The highest BCUT2D eigenvalue weighted by atomic mass is 35.5. The molecule has 0 saturated carbocycles. The molecule has 2 unspecified atom stereocenters. The summed E-state index contributed by atoms with van der Waals surface area (Å²) in [5.74, 6) is -0.599. The van der Waals surface area contributed by atoms with Crippen molar-refractivity contribution in [3.05, 3.63) is 35.5 Å². The van der Waals surface area contributed by atoms with Gasteiger partial charge >= 0.3 is 0 Å². The van der Waals surface area contributed by atoms with Crippen molar-refractivity contribution in [3.63, 3.8) is 0 Å². The van der Waals surface area contributed by atoms with E-state index in [0.717, 1.165) is 18.8 Å². The molecule has 25 heavy (non-hydrogen) atoms. The topological polar surface area (TPSA) is 69.5 Å². The van der Waals surface area contributed by atoms with Gasteiger partial charge in [0, 0.05) is 36.7 Å². The summed E-state index contributed by atoms with van der Waals surface area (Å²) in [6.45, 7) is 2.90. The van der Waals surface area contributed by atoms with Gasteiger partial charge < -0.3 is 15.0 Å². The maximum atomic E-state index is 12.8. The molecule has 1 aromatic rings. The lowest BCUT2D eigenvalue weighted by Crippen LogP contribution is -2.38. The number of carbonyl (C=O) groups is 1. The fourth-order valence-electron chi connectivity index (χ4n) is 3.12. The molecule has 2 atom stereocenters. The summed E-state index contributed by atoms with van der Waals surface area (Å²) >= 11 is 6.15. The Kier molecular flexibility index (Phi) is 4.42. The second kappa shape index (κ2) is 6.85. The SMILES string of the molecule is O=C(Nc1cc(Cl)ccc1N1CCOCC1)C1C=NN2C=CC=NC12. The number of fused-ring (bicyclic) bond motifs is 1. The molecule has 0 bridgehead atoms. The molecule has 130 valence electrons. The number of hydrogen-bond acceptors (Lipinski definition) is 6. The van der Waals surface area contributed by atoms with Gasteiger partial charge in [-0.15, -0.1) is 0 Å². The van der Waals surface area contributed by atoms with E-state index in [-0.39, 0.29) is 12.1 Å². The maximum absolute atomic E-state index is 12.8. The summed E-state index contributed by atoms with van der Waals surface area (Å²) in [6.07, 6.45) is 6.60. The number of nitrogens with one attached hydrogen (secondary N) is 1. The van der Waals surface area contributed by atoms with Crippen molar-refractivity contribution in [2.45, 2.75) is 6.17 Å². The minimum absolute atomic E-state index is 0.152. The molecule has 1 fully saturated rings. The first-order valence-electron chi connectivity index (χ1n) is 8.18. The molecular weight excluding hydrogens is 342 g/mol. The molecule has 3 aliphatic rings. The lowest BCUT2D eigenvalue weighted by Gasteiger charge is -2.31. The molecule has 3 heterocycles. The summed E-state index contributed by atoms with van der Waals surface area (Å²) in [6, 6.07) is 5.54. The first kappa shape index (κ1) is 16.1. The van der Waals surface area contributed by atoms with Gasteiger partial charge in [-0.1, -0.05) is 11.6 Å². The number of aliphatic imine (C=N–C) groups is 1. The average Bonchev–Trinajstić information content (AvgIpc) is 3.07. The van der Waals surface area contributed by atoms with Gasteiger partial charge in [0.2, 0.25) is 5.91 Å². The fraction of sp³-hybridized carbons (Fsp3) is 0.353. The van der Waals surface area contributed by atoms with Crippen LogP contribution in [0.25, 0.3) is 0 Å². The van der Waals surface area contributed by atoms with Crippen molar-refractivity contribution in [2.75, 3.05) is 36.5 Å². The number of hydrazone groups is 1. The summed E-state index contributed by atoms with van der Waals surface area (Å²) in [5.41, 5.74) is 1.64. The van der Waals surface area contributed by atoms with E-state index in [4.69, 9.17) is 16.3 Å². The zero-order chi connectivity index (χ0) is 17.2. The van der Waals surface area contributed by atoms with Crippen LogP contribution in [-0.2, 0) is 9.53 Å². The van der Waals surface area contributed by atoms with Gasteiger partial charge in [-0.05, 0) is 24.3 Å². The molecule has 0 spiro atoms. The van der Waals surface area contributed by atoms with Crippen LogP contribution in [0.4, 0.5) is 11.4 Å². The van der Waals surface area contributed by atoms with Crippen LogP contribution in [0.15, 0.2) is 40.6 Å². The smallest absolute Gasteiger partial charge is 0.237 e. The lowest BCUT2D eigenvalue weighted by molar-refractivity contribution is -0.118. The largest absolute Gasteiger partial charge is 0.378 e. The molecule has 3 aliphatic heterocycles. The number of benzene rings is 1. The molecule has 0 aliphatic carbocycles. The van der Waals surface area contributed by atoms with Crippen molar-refractivity contribution in [1.82, 2.24) is 5.01 Å². The highest BCUT2D eigenvalue weighted by Crippen LogP contribution is 2.31. The van der Waals surface area contributed by atoms with Crippen LogP contribution in [0, 0.1) is 5.92 Å². The molecular formula is C17H18ClN5O2. The highest BCUT2D eigenvalue weighted by Gasteiger charge is 2.36. The van der Waals surface area contributed by atoms with Gasteiger partial charge in [-0.2, -0.15) is 5.10 Å². The second-order valence-corrected chi connectivity index (χ2v) is 6.41. The van der Waals surface area contributed by atoms with E-state index >= 15 is 0 Å². The molecule has 1 N–H and O–H groups in total.